The number of hydrogen-bond acceptors (Lipinski definition) is 1. The second-order valence-corrected chi connectivity index (χ2v) is 7.94. The first-order valence-electron chi connectivity index (χ1n) is 9.35. The van der Waals surface area contributed by atoms with Crippen molar-refractivity contribution in [1.29, 1.82) is 0 Å². The maximum atomic E-state index is 2.67. The molecule has 0 bridgehead atoms. The van der Waals surface area contributed by atoms with E-state index >= 15 is 0 Å². The lowest BCUT2D eigenvalue weighted by Gasteiger charge is -2.45. The predicted octanol–water partition coefficient (Wildman–Crippen LogP) is 5.57. The Morgan fingerprint density at radius 2 is 1.64 bits per heavy atom. The van der Waals surface area contributed by atoms with Crippen molar-refractivity contribution in [2.75, 3.05) is 19.6 Å². The Bertz CT molecular complexity index is 403. The molecule has 0 amide bonds. The van der Waals surface area contributed by atoms with Crippen LogP contribution in [0.25, 0.3) is 0 Å². The first-order valence-corrected chi connectivity index (χ1v) is 9.35. The monoisotopic (exact) mass is 301 g/mol. The van der Waals surface area contributed by atoms with Crippen LogP contribution in [0.3, 0.4) is 0 Å². The van der Waals surface area contributed by atoms with E-state index in [4.69, 9.17) is 0 Å². The van der Waals surface area contributed by atoms with Crippen molar-refractivity contribution < 1.29 is 0 Å². The molecule has 2 rings (SSSR count). The average Bonchev–Trinajstić information content (AvgIpc) is 2.44. The average molecular weight is 302 g/mol. The number of benzene rings is 1. The van der Waals surface area contributed by atoms with E-state index in [1.165, 1.54) is 45.3 Å². The quantitative estimate of drug-likeness (QED) is 0.539. The Hall–Kier alpha value is -0.820. The molecule has 0 spiro atoms. The van der Waals surface area contributed by atoms with E-state index in [-0.39, 0.29) is 0 Å². The van der Waals surface area contributed by atoms with E-state index in [9.17, 15) is 0 Å². The van der Waals surface area contributed by atoms with Crippen LogP contribution in [0.1, 0.15) is 64.9 Å². The van der Waals surface area contributed by atoms with Crippen LogP contribution < -0.4 is 0 Å². The number of nitrogens with zero attached hydrogens (tertiary/aromatic N) is 1. The van der Waals surface area contributed by atoms with Crippen molar-refractivity contribution in [2.24, 2.45) is 17.8 Å². The molecule has 1 aliphatic heterocycles. The number of likely N-dealkylation sites (tertiary alicyclic amines) is 1. The summed E-state index contributed by atoms with van der Waals surface area (Å²) in [6.07, 6.45) is 5.60. The zero-order valence-corrected chi connectivity index (χ0v) is 15.1. The van der Waals surface area contributed by atoms with Gasteiger partial charge in [-0.3, -0.25) is 0 Å². The summed E-state index contributed by atoms with van der Waals surface area (Å²) in [6.45, 7) is 13.3. The van der Waals surface area contributed by atoms with Gasteiger partial charge in [0.25, 0.3) is 0 Å². The van der Waals surface area contributed by atoms with Crippen LogP contribution >= 0.6 is 0 Å². The second-order valence-electron chi connectivity index (χ2n) is 7.94. The van der Waals surface area contributed by atoms with Gasteiger partial charge in [-0.2, -0.15) is 0 Å². The number of unbranched alkanes of at least 4 members (excludes halogenated alkanes) is 2. The van der Waals surface area contributed by atoms with Gasteiger partial charge in [0.2, 0.25) is 0 Å². The molecular weight excluding hydrogens is 266 g/mol. The first kappa shape index (κ1) is 17.5. The summed E-state index contributed by atoms with van der Waals surface area (Å²) < 4.78 is 0. The Morgan fingerprint density at radius 1 is 0.955 bits per heavy atom. The molecule has 1 heterocycles. The highest BCUT2D eigenvalue weighted by Gasteiger charge is 2.35. The third kappa shape index (κ3) is 5.12. The second kappa shape index (κ2) is 8.72. The fraction of sp³-hybridized carbons (Fsp3) is 0.714. The Labute approximate surface area is 138 Å². The zero-order chi connectivity index (χ0) is 15.9. The van der Waals surface area contributed by atoms with Crippen molar-refractivity contribution in [3.8, 4) is 0 Å². The van der Waals surface area contributed by atoms with Gasteiger partial charge in [0.15, 0.2) is 0 Å². The van der Waals surface area contributed by atoms with Gasteiger partial charge in [-0.1, -0.05) is 77.3 Å². The van der Waals surface area contributed by atoms with Crippen molar-refractivity contribution in [3.05, 3.63) is 35.9 Å². The Morgan fingerprint density at radius 3 is 2.23 bits per heavy atom. The van der Waals surface area contributed by atoms with Gasteiger partial charge in [-0.25, -0.2) is 0 Å². The summed E-state index contributed by atoms with van der Waals surface area (Å²) >= 11 is 0. The van der Waals surface area contributed by atoms with E-state index in [0.717, 1.165) is 23.7 Å². The zero-order valence-electron chi connectivity index (χ0n) is 15.1. The lowest BCUT2D eigenvalue weighted by atomic mass is 9.74. The molecule has 1 atom stereocenters. The minimum absolute atomic E-state index is 0.735. The van der Waals surface area contributed by atoms with Crippen LogP contribution in [0.5, 0.6) is 0 Å². The molecule has 0 aromatic heterocycles. The molecule has 1 saturated heterocycles. The largest absolute Gasteiger partial charge is 0.303 e. The smallest absolute Gasteiger partial charge is 0.00280 e. The third-order valence-corrected chi connectivity index (χ3v) is 5.15. The normalized spacial score (nSPS) is 17.9. The highest BCUT2D eigenvalue weighted by atomic mass is 15.2. The van der Waals surface area contributed by atoms with E-state index < -0.39 is 0 Å². The molecule has 0 N–H and O–H groups in total. The molecule has 124 valence electrons. The topological polar surface area (TPSA) is 3.24 Å². The van der Waals surface area contributed by atoms with Gasteiger partial charge in [-0.05, 0) is 42.2 Å². The molecule has 1 aromatic rings. The lowest BCUT2D eigenvalue weighted by Crippen LogP contribution is -2.50. The third-order valence-electron chi connectivity index (χ3n) is 5.15. The molecule has 0 aliphatic carbocycles. The Balaban J connectivity index is 1.70. The highest BCUT2D eigenvalue weighted by molar-refractivity contribution is 5.22. The summed E-state index contributed by atoms with van der Waals surface area (Å²) in [7, 11) is 0. The summed E-state index contributed by atoms with van der Waals surface area (Å²) in [5.74, 6) is 3.20. The summed E-state index contributed by atoms with van der Waals surface area (Å²) in [4.78, 5) is 2.67. The van der Waals surface area contributed by atoms with E-state index in [2.05, 4.69) is 62.9 Å². The Kier molecular flexibility index (Phi) is 6.95. The fourth-order valence-electron chi connectivity index (χ4n) is 3.96. The first-order chi connectivity index (χ1) is 10.6. The molecule has 22 heavy (non-hydrogen) atoms. The molecule has 1 fully saturated rings. The maximum absolute atomic E-state index is 2.67. The van der Waals surface area contributed by atoms with Crippen LogP contribution in [0.4, 0.5) is 0 Å². The SMILES string of the molecule is CC(C)CCCCCN1CC([C@@H](c2ccccc2)C(C)C)C1. The van der Waals surface area contributed by atoms with Gasteiger partial charge in [0.1, 0.15) is 0 Å². The van der Waals surface area contributed by atoms with Crippen LogP contribution in [0, 0.1) is 17.8 Å². The minimum atomic E-state index is 0.735. The van der Waals surface area contributed by atoms with Crippen LogP contribution in [0.15, 0.2) is 30.3 Å². The van der Waals surface area contributed by atoms with E-state index in [0.29, 0.717) is 0 Å². The van der Waals surface area contributed by atoms with Crippen molar-refractivity contribution in [3.63, 3.8) is 0 Å². The molecule has 1 aromatic carbocycles. The molecular formula is C21H35N. The van der Waals surface area contributed by atoms with Crippen molar-refractivity contribution in [2.45, 2.75) is 59.3 Å². The van der Waals surface area contributed by atoms with Gasteiger partial charge in [0, 0.05) is 13.1 Å². The number of rotatable bonds is 9. The molecule has 0 saturated carbocycles. The molecule has 0 radical (unpaired) electrons. The van der Waals surface area contributed by atoms with Crippen molar-refractivity contribution >= 4 is 0 Å². The summed E-state index contributed by atoms with van der Waals surface area (Å²) in [5, 5.41) is 0. The summed E-state index contributed by atoms with van der Waals surface area (Å²) in [5.41, 5.74) is 1.54. The molecule has 1 nitrogen and oxygen atoms in total. The molecule has 1 aliphatic rings. The standard InChI is InChI=1S/C21H35N/c1-17(2)11-7-6-10-14-22-15-20(16-22)21(18(3)4)19-12-8-5-9-13-19/h5,8-9,12-13,17-18,20-21H,6-7,10-11,14-16H2,1-4H3/t21-/m1/s1. The lowest BCUT2D eigenvalue weighted by molar-refractivity contribution is 0.0662. The maximum Gasteiger partial charge on any atom is 0.00280 e. The minimum Gasteiger partial charge on any atom is -0.303 e. The predicted molar refractivity (Wildman–Crippen MR) is 97.3 cm³/mol. The van der Waals surface area contributed by atoms with Crippen molar-refractivity contribution in [1.82, 2.24) is 4.90 Å². The number of hydrogen-bond donors (Lipinski definition) is 0. The van der Waals surface area contributed by atoms with Gasteiger partial charge < -0.3 is 4.90 Å². The van der Waals surface area contributed by atoms with Gasteiger partial charge in [-0.15, -0.1) is 0 Å². The van der Waals surface area contributed by atoms with Crippen LogP contribution in [-0.2, 0) is 0 Å². The van der Waals surface area contributed by atoms with E-state index in [1.54, 1.807) is 5.56 Å². The molecule has 0 unspecified atom stereocenters. The van der Waals surface area contributed by atoms with Crippen LogP contribution in [0.2, 0.25) is 0 Å². The van der Waals surface area contributed by atoms with Gasteiger partial charge >= 0.3 is 0 Å². The van der Waals surface area contributed by atoms with E-state index in [1.807, 2.05) is 0 Å². The fourth-order valence-corrected chi connectivity index (χ4v) is 3.96. The van der Waals surface area contributed by atoms with Gasteiger partial charge in [0.05, 0.1) is 0 Å². The molecule has 1 heteroatoms. The van der Waals surface area contributed by atoms with Crippen LogP contribution in [-0.4, -0.2) is 24.5 Å². The summed E-state index contributed by atoms with van der Waals surface area (Å²) in [6, 6.07) is 11.1. The highest BCUT2D eigenvalue weighted by Crippen LogP contribution is 2.37.